The van der Waals surface area contributed by atoms with Crippen molar-refractivity contribution in [3.8, 4) is 5.69 Å². The van der Waals surface area contributed by atoms with Crippen molar-refractivity contribution < 1.29 is 9.53 Å². The Morgan fingerprint density at radius 1 is 1.04 bits per heavy atom. The number of pyridine rings is 1. The number of esters is 1. The maximum absolute atomic E-state index is 13.0. The van der Waals surface area contributed by atoms with E-state index in [1.165, 1.54) is 7.11 Å². The molecule has 6 nitrogen and oxygen atoms in total. The van der Waals surface area contributed by atoms with Gasteiger partial charge in [0.1, 0.15) is 0 Å². The van der Waals surface area contributed by atoms with Crippen molar-refractivity contribution in [2.45, 2.75) is 6.92 Å². The van der Waals surface area contributed by atoms with Crippen LogP contribution >= 0.6 is 0 Å². The van der Waals surface area contributed by atoms with Gasteiger partial charge in [0.05, 0.1) is 29.2 Å². The zero-order valence-corrected chi connectivity index (χ0v) is 15.3. The van der Waals surface area contributed by atoms with Crippen molar-refractivity contribution >= 4 is 33.6 Å². The first-order valence-corrected chi connectivity index (χ1v) is 8.51. The van der Waals surface area contributed by atoms with Crippen LogP contribution in [0.1, 0.15) is 15.9 Å². The second-order valence-corrected chi connectivity index (χ2v) is 6.58. The number of fused-ring (bicyclic) bond motifs is 3. The van der Waals surface area contributed by atoms with Crippen molar-refractivity contribution in [2.75, 3.05) is 12.8 Å². The maximum Gasteiger partial charge on any atom is 0.337 e. The summed E-state index contributed by atoms with van der Waals surface area (Å²) in [5, 5.41) is 0.810. The van der Waals surface area contributed by atoms with E-state index in [9.17, 15) is 9.59 Å². The zero-order chi connectivity index (χ0) is 19.3. The van der Waals surface area contributed by atoms with E-state index in [4.69, 9.17) is 10.5 Å². The average molecular weight is 361 g/mol. The molecule has 2 heterocycles. The SMILES string of the molecule is COC(=O)c1ccc2c(c1)c1c(cc(C)c(=O)n1-c1ccc(N)cc1)n2C. The maximum atomic E-state index is 13.0. The number of hydrogen-bond donors (Lipinski definition) is 1. The van der Waals surface area contributed by atoms with Crippen LogP contribution < -0.4 is 11.3 Å². The lowest BCUT2D eigenvalue weighted by Crippen LogP contribution is -2.20. The standard InChI is InChI=1S/C21H19N3O3/c1-12-10-18-19(24(20(12)25)15-7-5-14(22)6-8-15)16-11-13(21(26)27-3)4-9-17(16)23(18)2/h4-11H,22H2,1-3H3. The first kappa shape index (κ1) is 16.9. The number of methoxy groups -OCH3 is 1. The number of ether oxygens (including phenoxy) is 1. The van der Waals surface area contributed by atoms with E-state index in [0.717, 1.165) is 27.6 Å². The number of nitrogens with two attached hydrogens (primary N) is 1. The summed E-state index contributed by atoms with van der Waals surface area (Å²) in [5.74, 6) is -0.414. The molecule has 0 radical (unpaired) electrons. The second-order valence-electron chi connectivity index (χ2n) is 6.58. The Morgan fingerprint density at radius 2 is 1.74 bits per heavy atom. The molecule has 0 fully saturated rings. The van der Waals surface area contributed by atoms with Crippen LogP contribution in [0.4, 0.5) is 5.69 Å². The Labute approximate surface area is 155 Å². The molecule has 2 N–H and O–H groups in total. The predicted octanol–water partition coefficient (Wildman–Crippen LogP) is 3.16. The number of carbonyl (C=O) groups excluding carboxylic acids is 1. The lowest BCUT2D eigenvalue weighted by molar-refractivity contribution is 0.0601. The van der Waals surface area contributed by atoms with Gasteiger partial charge in [-0.3, -0.25) is 9.36 Å². The van der Waals surface area contributed by atoms with Crippen LogP contribution in [-0.4, -0.2) is 22.2 Å². The van der Waals surface area contributed by atoms with Crippen LogP contribution in [0.5, 0.6) is 0 Å². The minimum atomic E-state index is -0.414. The molecule has 6 heteroatoms. The Hall–Kier alpha value is -3.54. The fraction of sp³-hybridized carbons (Fsp3) is 0.143. The molecule has 2 aromatic heterocycles. The van der Waals surface area contributed by atoms with Crippen LogP contribution in [0.3, 0.4) is 0 Å². The van der Waals surface area contributed by atoms with Crippen molar-refractivity contribution in [3.63, 3.8) is 0 Å². The normalized spacial score (nSPS) is 11.2. The molecule has 0 spiro atoms. The quantitative estimate of drug-likeness (QED) is 0.439. The highest BCUT2D eigenvalue weighted by Gasteiger charge is 2.18. The van der Waals surface area contributed by atoms with E-state index >= 15 is 0 Å². The van der Waals surface area contributed by atoms with Crippen molar-refractivity contribution in [3.05, 3.63) is 70.0 Å². The Morgan fingerprint density at radius 3 is 2.41 bits per heavy atom. The highest BCUT2D eigenvalue weighted by Crippen LogP contribution is 2.30. The van der Waals surface area contributed by atoms with Gasteiger partial charge in [0.15, 0.2) is 0 Å². The Kier molecular flexibility index (Phi) is 3.77. The van der Waals surface area contributed by atoms with Gasteiger partial charge in [-0.05, 0) is 55.5 Å². The summed E-state index contributed by atoms with van der Waals surface area (Å²) >= 11 is 0. The number of nitrogen functional groups attached to an aromatic ring is 1. The van der Waals surface area contributed by atoms with Gasteiger partial charge in [0.2, 0.25) is 0 Å². The Bertz CT molecular complexity index is 1260. The highest BCUT2D eigenvalue weighted by molar-refractivity contribution is 6.09. The van der Waals surface area contributed by atoms with Crippen molar-refractivity contribution in [1.82, 2.24) is 9.13 Å². The molecule has 0 aliphatic heterocycles. The predicted molar refractivity (Wildman–Crippen MR) is 107 cm³/mol. The smallest absolute Gasteiger partial charge is 0.337 e. The molecule has 2 aromatic carbocycles. The van der Waals surface area contributed by atoms with Crippen LogP contribution in [0.25, 0.3) is 27.6 Å². The highest BCUT2D eigenvalue weighted by atomic mass is 16.5. The fourth-order valence-corrected chi connectivity index (χ4v) is 3.50. The molecule has 136 valence electrons. The fourth-order valence-electron chi connectivity index (χ4n) is 3.50. The molecular formula is C21H19N3O3. The number of nitrogens with zero attached hydrogens (tertiary/aromatic N) is 2. The minimum Gasteiger partial charge on any atom is -0.465 e. The third kappa shape index (κ3) is 2.49. The molecule has 0 saturated heterocycles. The molecular weight excluding hydrogens is 342 g/mol. The molecule has 0 atom stereocenters. The van der Waals surface area contributed by atoms with E-state index in [-0.39, 0.29) is 5.56 Å². The number of rotatable bonds is 2. The number of anilines is 1. The molecule has 0 saturated carbocycles. The van der Waals surface area contributed by atoms with Gasteiger partial charge < -0.3 is 15.0 Å². The largest absolute Gasteiger partial charge is 0.465 e. The van der Waals surface area contributed by atoms with E-state index in [1.807, 2.05) is 35.9 Å². The Balaban J connectivity index is 2.19. The van der Waals surface area contributed by atoms with E-state index in [1.54, 1.807) is 35.8 Å². The van der Waals surface area contributed by atoms with Crippen LogP contribution in [-0.2, 0) is 11.8 Å². The summed E-state index contributed by atoms with van der Waals surface area (Å²) in [5.41, 5.74) is 10.7. The number of aromatic nitrogens is 2. The molecule has 0 amide bonds. The third-order valence-electron chi connectivity index (χ3n) is 4.91. The zero-order valence-electron chi connectivity index (χ0n) is 15.3. The monoisotopic (exact) mass is 361 g/mol. The number of carbonyl (C=O) groups is 1. The van der Waals surface area contributed by atoms with E-state index < -0.39 is 5.97 Å². The van der Waals surface area contributed by atoms with Crippen LogP contribution in [0, 0.1) is 6.92 Å². The molecule has 27 heavy (non-hydrogen) atoms. The van der Waals surface area contributed by atoms with Crippen molar-refractivity contribution in [1.29, 1.82) is 0 Å². The minimum absolute atomic E-state index is 0.108. The van der Waals surface area contributed by atoms with Crippen LogP contribution in [0.15, 0.2) is 53.3 Å². The molecule has 0 unspecified atom stereocenters. The first-order chi connectivity index (χ1) is 12.9. The summed E-state index contributed by atoms with van der Waals surface area (Å²) in [6, 6.07) is 14.4. The molecule has 4 rings (SSSR count). The van der Waals surface area contributed by atoms with E-state index in [2.05, 4.69) is 0 Å². The van der Waals surface area contributed by atoms with Gasteiger partial charge in [-0.2, -0.15) is 0 Å². The van der Waals surface area contributed by atoms with Crippen molar-refractivity contribution in [2.24, 2.45) is 7.05 Å². The summed E-state index contributed by atoms with van der Waals surface area (Å²) in [6.07, 6.45) is 0. The van der Waals surface area contributed by atoms with Gasteiger partial charge >= 0.3 is 5.97 Å². The lowest BCUT2D eigenvalue weighted by atomic mass is 10.1. The van der Waals surface area contributed by atoms with Crippen LogP contribution in [0.2, 0.25) is 0 Å². The van der Waals surface area contributed by atoms with E-state index in [0.29, 0.717) is 16.8 Å². The third-order valence-corrected chi connectivity index (χ3v) is 4.91. The van der Waals surface area contributed by atoms with Gasteiger partial charge in [-0.15, -0.1) is 0 Å². The molecule has 0 bridgehead atoms. The second kappa shape index (κ2) is 6.02. The topological polar surface area (TPSA) is 79.2 Å². The van der Waals surface area contributed by atoms with Gasteiger partial charge in [0.25, 0.3) is 5.56 Å². The first-order valence-electron chi connectivity index (χ1n) is 8.51. The summed E-state index contributed by atoms with van der Waals surface area (Å²) in [7, 11) is 3.29. The summed E-state index contributed by atoms with van der Waals surface area (Å²) < 4.78 is 8.54. The molecule has 0 aliphatic carbocycles. The lowest BCUT2D eigenvalue weighted by Gasteiger charge is -2.11. The van der Waals surface area contributed by atoms with Gasteiger partial charge in [-0.1, -0.05) is 0 Å². The number of hydrogen-bond acceptors (Lipinski definition) is 4. The number of benzene rings is 2. The summed E-state index contributed by atoms with van der Waals surface area (Å²) in [4.78, 5) is 25.0. The molecule has 4 aromatic rings. The number of aryl methyl sites for hydroxylation is 2. The van der Waals surface area contributed by atoms with Gasteiger partial charge in [0, 0.05) is 29.4 Å². The molecule has 0 aliphatic rings. The average Bonchev–Trinajstić information content (AvgIpc) is 2.94. The van der Waals surface area contributed by atoms with Gasteiger partial charge in [-0.25, -0.2) is 4.79 Å². The summed E-state index contributed by atoms with van der Waals surface area (Å²) in [6.45, 7) is 1.80.